The molecule has 130 valence electrons. The zero-order chi connectivity index (χ0) is 17.6. The number of aryl methyl sites for hydroxylation is 1. The molecule has 1 heterocycles. The van der Waals surface area contributed by atoms with Crippen LogP contribution in [0.2, 0.25) is 0 Å². The SMILES string of the molecule is CCC(CC)(CCO)CNC(=O)c1cn(C)nc1-c1ccccc1. The Labute approximate surface area is 143 Å². The summed E-state index contributed by atoms with van der Waals surface area (Å²) in [6, 6.07) is 9.72. The van der Waals surface area contributed by atoms with E-state index in [1.54, 1.807) is 10.9 Å². The van der Waals surface area contributed by atoms with Crippen LogP contribution < -0.4 is 5.32 Å². The van der Waals surface area contributed by atoms with Crippen LogP contribution in [0.4, 0.5) is 0 Å². The highest BCUT2D eigenvalue weighted by Gasteiger charge is 2.27. The van der Waals surface area contributed by atoms with Gasteiger partial charge in [0.2, 0.25) is 0 Å². The van der Waals surface area contributed by atoms with Gasteiger partial charge < -0.3 is 10.4 Å². The van der Waals surface area contributed by atoms with Crippen molar-refractivity contribution in [1.82, 2.24) is 15.1 Å². The van der Waals surface area contributed by atoms with Crippen LogP contribution >= 0.6 is 0 Å². The fourth-order valence-corrected chi connectivity index (χ4v) is 3.01. The molecule has 0 aliphatic rings. The minimum atomic E-state index is -0.119. The number of benzene rings is 1. The van der Waals surface area contributed by atoms with Crippen molar-refractivity contribution in [3.8, 4) is 11.3 Å². The molecular weight excluding hydrogens is 302 g/mol. The number of nitrogens with zero attached hydrogens (tertiary/aromatic N) is 2. The summed E-state index contributed by atoms with van der Waals surface area (Å²) in [6.07, 6.45) is 4.29. The molecule has 5 nitrogen and oxygen atoms in total. The van der Waals surface area contributed by atoms with E-state index in [-0.39, 0.29) is 17.9 Å². The lowest BCUT2D eigenvalue weighted by atomic mass is 9.79. The second kappa shape index (κ2) is 8.11. The zero-order valence-electron chi connectivity index (χ0n) is 14.7. The van der Waals surface area contributed by atoms with Crippen molar-refractivity contribution in [3.63, 3.8) is 0 Å². The summed E-state index contributed by atoms with van der Waals surface area (Å²) >= 11 is 0. The van der Waals surface area contributed by atoms with Crippen LogP contribution in [-0.2, 0) is 7.05 Å². The Morgan fingerprint density at radius 3 is 2.50 bits per heavy atom. The minimum absolute atomic E-state index is 0.0560. The zero-order valence-corrected chi connectivity index (χ0v) is 14.7. The van der Waals surface area contributed by atoms with Crippen LogP contribution in [0.5, 0.6) is 0 Å². The first-order chi connectivity index (χ1) is 11.5. The summed E-state index contributed by atoms with van der Waals surface area (Å²) in [5.41, 5.74) is 2.14. The predicted molar refractivity (Wildman–Crippen MR) is 95.7 cm³/mol. The van der Waals surface area contributed by atoms with Gasteiger partial charge in [-0.25, -0.2) is 0 Å². The average Bonchev–Trinajstić information content (AvgIpc) is 3.01. The summed E-state index contributed by atoms with van der Waals surface area (Å²) in [5.74, 6) is -0.119. The van der Waals surface area contributed by atoms with E-state index in [0.717, 1.165) is 18.4 Å². The Morgan fingerprint density at radius 2 is 1.92 bits per heavy atom. The minimum Gasteiger partial charge on any atom is -0.396 e. The van der Waals surface area contributed by atoms with Crippen LogP contribution in [0.1, 0.15) is 43.5 Å². The van der Waals surface area contributed by atoms with E-state index in [0.29, 0.717) is 24.2 Å². The van der Waals surface area contributed by atoms with E-state index >= 15 is 0 Å². The normalized spacial score (nSPS) is 11.5. The largest absolute Gasteiger partial charge is 0.396 e. The predicted octanol–water partition coefficient (Wildman–Crippen LogP) is 3.01. The van der Waals surface area contributed by atoms with Crippen molar-refractivity contribution in [2.24, 2.45) is 12.5 Å². The standard InChI is InChI=1S/C19H27N3O2/c1-4-19(5-2,11-12-23)14-20-18(24)16-13-22(3)21-17(16)15-9-7-6-8-10-15/h6-10,13,23H,4-5,11-12,14H2,1-3H3,(H,20,24). The highest BCUT2D eigenvalue weighted by atomic mass is 16.3. The van der Waals surface area contributed by atoms with Crippen LogP contribution in [0.15, 0.2) is 36.5 Å². The third-order valence-electron chi connectivity index (χ3n) is 4.89. The van der Waals surface area contributed by atoms with Gasteiger partial charge in [0.05, 0.1) is 5.56 Å². The van der Waals surface area contributed by atoms with Gasteiger partial charge in [-0.3, -0.25) is 9.48 Å². The van der Waals surface area contributed by atoms with Gasteiger partial charge in [-0.1, -0.05) is 44.2 Å². The molecule has 24 heavy (non-hydrogen) atoms. The average molecular weight is 329 g/mol. The van der Waals surface area contributed by atoms with Gasteiger partial charge in [0.25, 0.3) is 5.91 Å². The second-order valence-corrected chi connectivity index (χ2v) is 6.29. The molecule has 0 radical (unpaired) electrons. The molecule has 0 bridgehead atoms. The molecule has 0 spiro atoms. The van der Waals surface area contributed by atoms with E-state index in [4.69, 9.17) is 0 Å². The monoisotopic (exact) mass is 329 g/mol. The number of rotatable bonds is 8. The van der Waals surface area contributed by atoms with Gasteiger partial charge in [-0.05, 0) is 24.7 Å². The first-order valence-electron chi connectivity index (χ1n) is 8.53. The third kappa shape index (κ3) is 4.03. The van der Waals surface area contributed by atoms with Crippen molar-refractivity contribution in [3.05, 3.63) is 42.1 Å². The van der Waals surface area contributed by atoms with Gasteiger partial charge in [0.1, 0.15) is 5.69 Å². The first-order valence-corrected chi connectivity index (χ1v) is 8.53. The fraction of sp³-hybridized carbons (Fsp3) is 0.474. The molecule has 2 rings (SSSR count). The molecule has 0 aliphatic heterocycles. The maximum Gasteiger partial charge on any atom is 0.255 e. The second-order valence-electron chi connectivity index (χ2n) is 6.29. The number of amides is 1. The smallest absolute Gasteiger partial charge is 0.255 e. The lowest BCUT2D eigenvalue weighted by Gasteiger charge is -2.31. The Bertz CT molecular complexity index is 661. The molecule has 2 aromatic rings. The number of carbonyl (C=O) groups excluding carboxylic acids is 1. The molecular formula is C19H27N3O2. The lowest BCUT2D eigenvalue weighted by Crippen LogP contribution is -2.37. The van der Waals surface area contributed by atoms with Crippen molar-refractivity contribution >= 4 is 5.91 Å². The number of hydrogen-bond acceptors (Lipinski definition) is 3. The van der Waals surface area contributed by atoms with E-state index in [9.17, 15) is 9.90 Å². The summed E-state index contributed by atoms with van der Waals surface area (Å²) < 4.78 is 1.66. The van der Waals surface area contributed by atoms with Gasteiger partial charge in [0, 0.05) is 32.0 Å². The number of nitrogens with one attached hydrogen (secondary N) is 1. The molecule has 0 saturated heterocycles. The Hall–Kier alpha value is -2.14. The molecule has 0 fully saturated rings. The van der Waals surface area contributed by atoms with Crippen molar-refractivity contribution in [2.45, 2.75) is 33.1 Å². The molecule has 1 aromatic heterocycles. The molecule has 2 N–H and O–H groups in total. The summed E-state index contributed by atoms with van der Waals surface area (Å²) in [4.78, 5) is 12.7. The lowest BCUT2D eigenvalue weighted by molar-refractivity contribution is 0.0908. The Kier molecular flexibility index (Phi) is 6.15. The number of aromatic nitrogens is 2. The fourth-order valence-electron chi connectivity index (χ4n) is 3.01. The van der Waals surface area contributed by atoms with Crippen molar-refractivity contribution in [2.75, 3.05) is 13.2 Å². The molecule has 0 saturated carbocycles. The highest BCUT2D eigenvalue weighted by molar-refractivity contribution is 5.99. The maximum absolute atomic E-state index is 12.7. The third-order valence-corrected chi connectivity index (χ3v) is 4.89. The Balaban J connectivity index is 2.19. The van der Waals surface area contributed by atoms with Crippen LogP contribution in [0, 0.1) is 5.41 Å². The maximum atomic E-state index is 12.7. The highest BCUT2D eigenvalue weighted by Crippen LogP contribution is 2.30. The molecule has 1 aromatic carbocycles. The van der Waals surface area contributed by atoms with E-state index in [1.807, 2.05) is 37.4 Å². The summed E-state index contributed by atoms with van der Waals surface area (Å²) in [5, 5.41) is 16.8. The number of aliphatic hydroxyl groups is 1. The van der Waals surface area contributed by atoms with Gasteiger partial charge in [-0.2, -0.15) is 5.10 Å². The van der Waals surface area contributed by atoms with Crippen LogP contribution in [-0.4, -0.2) is 33.9 Å². The first kappa shape index (κ1) is 18.2. The molecule has 1 amide bonds. The topological polar surface area (TPSA) is 67.2 Å². The number of hydrogen-bond donors (Lipinski definition) is 2. The van der Waals surface area contributed by atoms with E-state index in [1.165, 1.54) is 0 Å². The number of carbonyl (C=O) groups is 1. The van der Waals surface area contributed by atoms with E-state index < -0.39 is 0 Å². The van der Waals surface area contributed by atoms with Gasteiger partial charge >= 0.3 is 0 Å². The molecule has 5 heteroatoms. The van der Waals surface area contributed by atoms with Gasteiger partial charge in [0.15, 0.2) is 0 Å². The van der Waals surface area contributed by atoms with E-state index in [2.05, 4.69) is 24.3 Å². The molecule has 0 unspecified atom stereocenters. The summed E-state index contributed by atoms with van der Waals surface area (Å²) in [6.45, 7) is 4.90. The quantitative estimate of drug-likeness (QED) is 0.782. The summed E-state index contributed by atoms with van der Waals surface area (Å²) in [7, 11) is 1.82. The molecule has 0 aliphatic carbocycles. The van der Waals surface area contributed by atoms with Crippen LogP contribution in [0.3, 0.4) is 0 Å². The number of aliphatic hydroxyl groups excluding tert-OH is 1. The van der Waals surface area contributed by atoms with Crippen molar-refractivity contribution < 1.29 is 9.90 Å². The van der Waals surface area contributed by atoms with Crippen molar-refractivity contribution in [1.29, 1.82) is 0 Å². The van der Waals surface area contributed by atoms with Gasteiger partial charge in [-0.15, -0.1) is 0 Å². The molecule has 0 atom stereocenters. The Morgan fingerprint density at radius 1 is 1.25 bits per heavy atom. The van der Waals surface area contributed by atoms with Crippen LogP contribution in [0.25, 0.3) is 11.3 Å².